The molecule has 0 aromatic heterocycles. The van der Waals surface area contributed by atoms with E-state index in [9.17, 15) is 14.4 Å². The quantitative estimate of drug-likeness (QED) is 0.513. The van der Waals surface area contributed by atoms with Crippen LogP contribution in [0.3, 0.4) is 0 Å². The monoisotopic (exact) mass is 547 g/mol. The van der Waals surface area contributed by atoms with E-state index in [1.807, 2.05) is 56.3 Å². The number of hydrogen-bond acceptors (Lipinski definition) is 4. The van der Waals surface area contributed by atoms with Crippen molar-refractivity contribution in [3.8, 4) is 0 Å². The number of halogens is 1. The Kier molecular flexibility index (Phi) is 6.76. The van der Waals surface area contributed by atoms with Crippen molar-refractivity contribution in [2.45, 2.75) is 76.3 Å². The van der Waals surface area contributed by atoms with Gasteiger partial charge in [-0.15, -0.1) is 0 Å². The molecule has 7 nitrogen and oxygen atoms in total. The number of carbonyl (C=O) groups excluding carboxylic acids is 3. The van der Waals surface area contributed by atoms with Crippen LogP contribution in [-0.4, -0.2) is 46.4 Å². The highest BCUT2D eigenvalue weighted by Crippen LogP contribution is 2.55. The average Bonchev–Trinajstić information content (AvgIpc) is 3.53. The molecule has 2 saturated heterocycles. The molecule has 204 valence electrons. The zero-order valence-corrected chi connectivity index (χ0v) is 23.0. The van der Waals surface area contributed by atoms with Crippen molar-refractivity contribution in [2.75, 3.05) is 5.32 Å². The summed E-state index contributed by atoms with van der Waals surface area (Å²) in [7, 11) is 0. The van der Waals surface area contributed by atoms with Crippen LogP contribution in [-0.2, 0) is 25.7 Å². The summed E-state index contributed by atoms with van der Waals surface area (Å²) < 4.78 is 6.47. The van der Waals surface area contributed by atoms with Crippen LogP contribution < -0.4 is 10.6 Å². The van der Waals surface area contributed by atoms with E-state index in [0.29, 0.717) is 10.7 Å². The molecule has 8 heteroatoms. The van der Waals surface area contributed by atoms with Gasteiger partial charge in [-0.2, -0.15) is 0 Å². The molecule has 3 heterocycles. The van der Waals surface area contributed by atoms with Crippen molar-refractivity contribution in [2.24, 2.45) is 11.8 Å². The van der Waals surface area contributed by atoms with E-state index in [2.05, 4.69) is 10.6 Å². The van der Waals surface area contributed by atoms with Crippen LogP contribution in [0.25, 0.3) is 0 Å². The standard InChI is InChI=1S/C31H34ClN3O4/c1-18-14-19(2)16-23(15-18)34-28(36)25-24-12-13-31(39-24)26(25)30(38)35(17-20-8-10-21(32)11-9-20)27(31)29(37)33-22-6-4-3-5-7-22/h8-16,22,24-27H,3-7,17H2,1-2H3,(H,33,37)(H,34,36)/t24-,25?,26-,27?,31?/m0/s1. The van der Waals surface area contributed by atoms with Crippen molar-refractivity contribution in [1.29, 1.82) is 0 Å². The number of hydrogen-bond donors (Lipinski definition) is 2. The third kappa shape index (κ3) is 4.66. The van der Waals surface area contributed by atoms with Crippen molar-refractivity contribution in [3.63, 3.8) is 0 Å². The molecule has 2 aromatic rings. The van der Waals surface area contributed by atoms with Gasteiger partial charge in [-0.1, -0.05) is 61.2 Å². The van der Waals surface area contributed by atoms with Gasteiger partial charge in [0, 0.05) is 23.3 Å². The van der Waals surface area contributed by atoms with Crippen molar-refractivity contribution < 1.29 is 19.1 Å². The minimum atomic E-state index is -1.18. The summed E-state index contributed by atoms with van der Waals surface area (Å²) in [6.45, 7) is 4.18. The highest BCUT2D eigenvalue weighted by molar-refractivity contribution is 6.30. The van der Waals surface area contributed by atoms with Crippen molar-refractivity contribution in [3.05, 3.63) is 76.3 Å². The summed E-state index contributed by atoms with van der Waals surface area (Å²) in [5.74, 6) is -2.24. The third-order valence-electron chi connectivity index (χ3n) is 8.63. The maximum atomic E-state index is 14.2. The first kappa shape index (κ1) is 26.1. The Bertz CT molecular complexity index is 1320. The summed E-state index contributed by atoms with van der Waals surface area (Å²) in [4.78, 5) is 43.4. The first-order valence-electron chi connectivity index (χ1n) is 13.9. The molecule has 3 aliphatic heterocycles. The summed E-state index contributed by atoms with van der Waals surface area (Å²) in [6.07, 6.45) is 8.34. The van der Waals surface area contributed by atoms with E-state index in [1.165, 1.54) is 6.42 Å². The number of benzene rings is 2. The maximum absolute atomic E-state index is 14.2. The molecule has 39 heavy (non-hydrogen) atoms. The number of nitrogens with one attached hydrogen (secondary N) is 2. The molecular formula is C31H34ClN3O4. The van der Waals surface area contributed by atoms with Gasteiger partial charge in [-0.25, -0.2) is 0 Å². The summed E-state index contributed by atoms with van der Waals surface area (Å²) >= 11 is 6.09. The Morgan fingerprint density at radius 1 is 1.03 bits per heavy atom. The molecule has 1 spiro atoms. The molecule has 2 N–H and O–H groups in total. The number of rotatable bonds is 6. The average molecular weight is 548 g/mol. The minimum absolute atomic E-state index is 0.0837. The molecule has 1 saturated carbocycles. The van der Waals surface area contributed by atoms with Crippen LogP contribution in [0.2, 0.25) is 5.02 Å². The Morgan fingerprint density at radius 2 is 1.72 bits per heavy atom. The van der Waals surface area contributed by atoms with Gasteiger partial charge >= 0.3 is 0 Å². The van der Waals surface area contributed by atoms with E-state index in [-0.39, 0.29) is 30.3 Å². The molecule has 6 rings (SSSR count). The first-order chi connectivity index (χ1) is 18.7. The van der Waals surface area contributed by atoms with Crippen LogP contribution in [0.5, 0.6) is 0 Å². The minimum Gasteiger partial charge on any atom is -0.359 e. The molecule has 2 aromatic carbocycles. The normalized spacial score (nSPS) is 29.5. The number of likely N-dealkylation sites (tertiary alicyclic amines) is 1. The fourth-order valence-electron chi connectivity index (χ4n) is 7.02. The van der Waals surface area contributed by atoms with Gasteiger partial charge < -0.3 is 20.3 Å². The molecular weight excluding hydrogens is 514 g/mol. The fourth-order valence-corrected chi connectivity index (χ4v) is 7.15. The zero-order valence-electron chi connectivity index (χ0n) is 22.3. The molecule has 5 atom stereocenters. The smallest absolute Gasteiger partial charge is 0.246 e. The summed E-state index contributed by atoms with van der Waals surface area (Å²) in [5.41, 5.74) is 2.44. The maximum Gasteiger partial charge on any atom is 0.246 e. The number of ether oxygens (including phenoxy) is 1. The Balaban J connectivity index is 1.32. The summed E-state index contributed by atoms with van der Waals surface area (Å²) in [5, 5.41) is 6.85. The lowest BCUT2D eigenvalue weighted by atomic mass is 9.74. The number of fused-ring (bicyclic) bond motifs is 1. The second-order valence-corrected chi connectivity index (χ2v) is 11.9. The molecule has 0 radical (unpaired) electrons. The van der Waals surface area contributed by atoms with Gasteiger partial charge in [-0.3, -0.25) is 14.4 Å². The van der Waals surface area contributed by atoms with Gasteiger partial charge in [0.15, 0.2) is 0 Å². The van der Waals surface area contributed by atoms with Gasteiger partial charge in [-0.05, 0) is 67.6 Å². The largest absolute Gasteiger partial charge is 0.359 e. The highest BCUT2D eigenvalue weighted by Gasteiger charge is 2.72. The van der Waals surface area contributed by atoms with Crippen molar-refractivity contribution >= 4 is 35.0 Å². The second kappa shape index (κ2) is 10.1. The fraction of sp³-hybridized carbons (Fsp3) is 0.452. The SMILES string of the molecule is Cc1cc(C)cc(NC(=O)C2[C@@H]3C=CC4(O3)C(C(=O)NC3CCCCC3)N(Cc3ccc(Cl)cc3)C(=O)[C@H]24)c1. The Morgan fingerprint density at radius 3 is 2.41 bits per heavy atom. The van der Waals surface area contributed by atoms with E-state index in [1.54, 1.807) is 17.0 Å². The van der Waals surface area contributed by atoms with Gasteiger partial charge in [0.2, 0.25) is 17.7 Å². The van der Waals surface area contributed by atoms with Crippen LogP contribution in [0, 0.1) is 25.7 Å². The molecule has 3 unspecified atom stereocenters. The Hall–Kier alpha value is -3.16. The van der Waals surface area contributed by atoms with Crippen LogP contribution in [0.15, 0.2) is 54.6 Å². The highest BCUT2D eigenvalue weighted by atomic mass is 35.5. The van der Waals surface area contributed by atoms with Crippen LogP contribution >= 0.6 is 11.6 Å². The van der Waals surface area contributed by atoms with Gasteiger partial charge in [0.05, 0.1) is 17.9 Å². The van der Waals surface area contributed by atoms with Crippen LogP contribution in [0.4, 0.5) is 5.69 Å². The van der Waals surface area contributed by atoms with Crippen LogP contribution in [0.1, 0.15) is 48.8 Å². The number of carbonyl (C=O) groups is 3. The predicted molar refractivity (Wildman–Crippen MR) is 149 cm³/mol. The summed E-state index contributed by atoms with van der Waals surface area (Å²) in [6, 6.07) is 12.3. The lowest BCUT2D eigenvalue weighted by Gasteiger charge is -2.34. The number of nitrogens with zero attached hydrogens (tertiary/aromatic N) is 1. The lowest BCUT2D eigenvalue weighted by Crippen LogP contribution is -2.56. The van der Waals surface area contributed by atoms with E-state index in [4.69, 9.17) is 16.3 Å². The Labute approximate surface area is 233 Å². The van der Waals surface area contributed by atoms with Gasteiger partial charge in [0.25, 0.3) is 0 Å². The number of anilines is 1. The van der Waals surface area contributed by atoms with Crippen molar-refractivity contribution in [1.82, 2.24) is 10.2 Å². The molecule has 3 amide bonds. The van der Waals surface area contributed by atoms with E-state index in [0.717, 1.165) is 42.4 Å². The molecule has 1 aliphatic carbocycles. The van der Waals surface area contributed by atoms with E-state index < -0.39 is 29.6 Å². The van der Waals surface area contributed by atoms with Gasteiger partial charge in [0.1, 0.15) is 11.6 Å². The predicted octanol–water partition coefficient (Wildman–Crippen LogP) is 4.70. The molecule has 2 bridgehead atoms. The second-order valence-electron chi connectivity index (χ2n) is 11.5. The lowest BCUT2D eigenvalue weighted by molar-refractivity contribution is -0.142. The number of amides is 3. The molecule has 3 fully saturated rings. The first-order valence-corrected chi connectivity index (χ1v) is 14.2. The topological polar surface area (TPSA) is 87.7 Å². The molecule has 4 aliphatic rings. The van der Waals surface area contributed by atoms with E-state index >= 15 is 0 Å². The third-order valence-corrected chi connectivity index (χ3v) is 8.88. The number of aryl methyl sites for hydroxylation is 2. The zero-order chi connectivity index (χ0) is 27.3.